The summed E-state index contributed by atoms with van der Waals surface area (Å²) in [5.41, 5.74) is 0.600. The first-order chi connectivity index (χ1) is 11.2. The molecular formula is C20H34O4. The van der Waals surface area contributed by atoms with E-state index in [4.69, 9.17) is 4.74 Å². The molecule has 2 rings (SSSR count). The highest BCUT2D eigenvalue weighted by Crippen LogP contribution is 2.43. The van der Waals surface area contributed by atoms with Gasteiger partial charge in [-0.2, -0.15) is 0 Å². The van der Waals surface area contributed by atoms with Crippen molar-refractivity contribution in [1.29, 1.82) is 0 Å². The summed E-state index contributed by atoms with van der Waals surface area (Å²) in [4.78, 5) is 0. The van der Waals surface area contributed by atoms with E-state index in [2.05, 4.69) is 13.0 Å². The summed E-state index contributed by atoms with van der Waals surface area (Å²) in [6, 6.07) is 0. The van der Waals surface area contributed by atoms with Crippen LogP contribution in [0.15, 0.2) is 23.3 Å². The average Bonchev–Trinajstić information content (AvgIpc) is 2.53. The molecule has 24 heavy (non-hydrogen) atoms. The van der Waals surface area contributed by atoms with Crippen LogP contribution in [0.1, 0.15) is 66.2 Å². The molecule has 4 atom stereocenters. The van der Waals surface area contributed by atoms with Gasteiger partial charge in [0.1, 0.15) is 6.10 Å². The van der Waals surface area contributed by atoms with E-state index in [1.54, 1.807) is 0 Å². The Hall–Kier alpha value is -0.680. The quantitative estimate of drug-likeness (QED) is 0.677. The van der Waals surface area contributed by atoms with Crippen LogP contribution in [0.4, 0.5) is 0 Å². The monoisotopic (exact) mass is 338 g/mol. The van der Waals surface area contributed by atoms with Crippen molar-refractivity contribution in [3.8, 4) is 0 Å². The summed E-state index contributed by atoms with van der Waals surface area (Å²) in [6.07, 6.45) is 7.36. The third-order valence-electron chi connectivity index (χ3n) is 5.96. The largest absolute Gasteiger partial charge is 0.392 e. The molecule has 0 aromatic rings. The Balaban J connectivity index is 2.35. The van der Waals surface area contributed by atoms with Crippen molar-refractivity contribution in [2.75, 3.05) is 6.61 Å². The summed E-state index contributed by atoms with van der Waals surface area (Å²) >= 11 is 0. The standard InChI is InChI=1S/C20H34O4/c1-14(2)20(23)11-10-19(4)17(22)9-8-16(13-21)7-5-6-15(3)12-18(20)24-19/h7,12,14,17-18,21-23H,5-6,8-11,13H2,1-4H3/b15-12+,16-7+/t17-,18-,19+,20-/m0/s1. The zero-order valence-electron chi connectivity index (χ0n) is 15.6. The number of allylic oxidation sites excluding steroid dienone is 2. The lowest BCUT2D eigenvalue weighted by Gasteiger charge is -2.50. The maximum absolute atomic E-state index is 11.2. The van der Waals surface area contributed by atoms with Crippen LogP contribution in [0, 0.1) is 5.92 Å². The Kier molecular flexibility index (Phi) is 6.29. The van der Waals surface area contributed by atoms with Crippen LogP contribution >= 0.6 is 0 Å². The molecule has 0 aromatic carbocycles. The number of aliphatic hydroxyl groups is 3. The van der Waals surface area contributed by atoms with Gasteiger partial charge in [0.15, 0.2) is 0 Å². The fraction of sp³-hybridized carbons (Fsp3) is 0.800. The maximum atomic E-state index is 11.2. The van der Waals surface area contributed by atoms with Gasteiger partial charge < -0.3 is 20.1 Å². The number of aliphatic hydroxyl groups excluding tert-OH is 2. The second kappa shape index (κ2) is 7.69. The van der Waals surface area contributed by atoms with E-state index >= 15 is 0 Å². The van der Waals surface area contributed by atoms with E-state index in [1.807, 2.05) is 26.8 Å². The molecule has 0 amide bonds. The lowest BCUT2D eigenvalue weighted by atomic mass is 9.73. The first-order valence-corrected chi connectivity index (χ1v) is 9.25. The number of ether oxygens (including phenoxy) is 1. The molecule has 2 heterocycles. The van der Waals surface area contributed by atoms with E-state index in [9.17, 15) is 15.3 Å². The van der Waals surface area contributed by atoms with Gasteiger partial charge in [-0.15, -0.1) is 0 Å². The Morgan fingerprint density at radius 1 is 1.29 bits per heavy atom. The molecule has 0 radical (unpaired) electrons. The van der Waals surface area contributed by atoms with E-state index in [0.29, 0.717) is 25.7 Å². The summed E-state index contributed by atoms with van der Waals surface area (Å²) in [5, 5.41) is 31.4. The highest BCUT2D eigenvalue weighted by atomic mass is 16.5. The molecule has 1 fully saturated rings. The lowest BCUT2D eigenvalue weighted by Crippen LogP contribution is -2.59. The smallest absolute Gasteiger partial charge is 0.106 e. The first kappa shape index (κ1) is 19.6. The van der Waals surface area contributed by atoms with Gasteiger partial charge in [-0.3, -0.25) is 0 Å². The van der Waals surface area contributed by atoms with Gasteiger partial charge in [-0.25, -0.2) is 0 Å². The maximum Gasteiger partial charge on any atom is 0.106 e. The lowest BCUT2D eigenvalue weighted by molar-refractivity contribution is -0.238. The summed E-state index contributed by atoms with van der Waals surface area (Å²) in [7, 11) is 0. The van der Waals surface area contributed by atoms with Crippen molar-refractivity contribution in [1.82, 2.24) is 0 Å². The molecule has 2 aliphatic rings. The molecule has 0 saturated carbocycles. The van der Waals surface area contributed by atoms with Gasteiger partial charge >= 0.3 is 0 Å². The zero-order chi connectivity index (χ0) is 18.0. The predicted octanol–water partition coefficient (Wildman–Crippen LogP) is 3.11. The molecule has 138 valence electrons. The topological polar surface area (TPSA) is 69.9 Å². The van der Waals surface area contributed by atoms with Gasteiger partial charge in [0.2, 0.25) is 0 Å². The minimum atomic E-state index is -0.892. The minimum absolute atomic E-state index is 0.0444. The summed E-state index contributed by atoms with van der Waals surface area (Å²) in [5.74, 6) is 0.0852. The van der Waals surface area contributed by atoms with Crippen LogP contribution in [0.3, 0.4) is 0 Å². The minimum Gasteiger partial charge on any atom is -0.392 e. The molecule has 0 aliphatic carbocycles. The van der Waals surface area contributed by atoms with Crippen LogP contribution in [0.2, 0.25) is 0 Å². The number of fused-ring (bicyclic) bond motifs is 2. The fourth-order valence-electron chi connectivity index (χ4n) is 3.80. The van der Waals surface area contributed by atoms with Gasteiger partial charge in [0, 0.05) is 0 Å². The molecule has 2 bridgehead atoms. The number of hydrogen-bond acceptors (Lipinski definition) is 4. The van der Waals surface area contributed by atoms with Gasteiger partial charge in [0.25, 0.3) is 0 Å². The van der Waals surface area contributed by atoms with Crippen molar-refractivity contribution in [3.63, 3.8) is 0 Å². The third-order valence-corrected chi connectivity index (χ3v) is 5.96. The van der Waals surface area contributed by atoms with Gasteiger partial charge in [0.05, 0.1) is 23.9 Å². The first-order valence-electron chi connectivity index (χ1n) is 9.25. The molecular weight excluding hydrogens is 304 g/mol. The summed E-state index contributed by atoms with van der Waals surface area (Å²) < 4.78 is 6.32. The van der Waals surface area contributed by atoms with Crippen LogP contribution < -0.4 is 0 Å². The second-order valence-electron chi connectivity index (χ2n) is 8.12. The zero-order valence-corrected chi connectivity index (χ0v) is 15.6. The van der Waals surface area contributed by atoms with Crippen LogP contribution in [0.5, 0.6) is 0 Å². The van der Waals surface area contributed by atoms with Crippen molar-refractivity contribution >= 4 is 0 Å². The van der Waals surface area contributed by atoms with E-state index < -0.39 is 23.4 Å². The molecule has 1 saturated heterocycles. The van der Waals surface area contributed by atoms with Crippen molar-refractivity contribution in [3.05, 3.63) is 23.3 Å². The number of hydrogen-bond donors (Lipinski definition) is 3. The molecule has 2 aliphatic heterocycles. The van der Waals surface area contributed by atoms with Crippen molar-refractivity contribution in [2.45, 2.75) is 89.6 Å². The molecule has 0 aromatic heterocycles. The molecule has 4 nitrogen and oxygen atoms in total. The SMILES string of the molecule is C/C1=C\[C@@H]2O[C@](C)(CC[C@]2(O)C(C)C)[C@@H](O)CC/C(CO)=C\CC1. The average molecular weight is 338 g/mol. The molecule has 0 unspecified atom stereocenters. The summed E-state index contributed by atoms with van der Waals surface area (Å²) in [6.45, 7) is 8.10. The molecule has 0 spiro atoms. The van der Waals surface area contributed by atoms with E-state index in [-0.39, 0.29) is 12.5 Å². The van der Waals surface area contributed by atoms with Crippen molar-refractivity contribution in [2.24, 2.45) is 5.92 Å². The Morgan fingerprint density at radius 3 is 2.62 bits per heavy atom. The Labute approximate surface area is 146 Å². The van der Waals surface area contributed by atoms with Gasteiger partial charge in [-0.05, 0) is 63.9 Å². The van der Waals surface area contributed by atoms with Crippen LogP contribution in [0.25, 0.3) is 0 Å². The second-order valence-corrected chi connectivity index (χ2v) is 8.12. The van der Waals surface area contributed by atoms with Crippen molar-refractivity contribution < 1.29 is 20.1 Å². The Morgan fingerprint density at radius 2 is 2.00 bits per heavy atom. The van der Waals surface area contributed by atoms with E-state index in [0.717, 1.165) is 18.4 Å². The van der Waals surface area contributed by atoms with E-state index in [1.165, 1.54) is 5.57 Å². The molecule has 4 heteroatoms. The highest BCUT2D eigenvalue weighted by Gasteiger charge is 2.50. The Bertz CT molecular complexity index is 496. The predicted molar refractivity (Wildman–Crippen MR) is 95.7 cm³/mol. The number of rotatable bonds is 2. The van der Waals surface area contributed by atoms with Gasteiger partial charge in [-0.1, -0.05) is 31.6 Å². The van der Waals surface area contributed by atoms with Crippen LogP contribution in [-0.4, -0.2) is 45.3 Å². The highest BCUT2D eigenvalue weighted by molar-refractivity contribution is 5.15. The molecule has 3 N–H and O–H groups in total. The normalized spacial score (nSPS) is 43.2. The van der Waals surface area contributed by atoms with Crippen LogP contribution in [-0.2, 0) is 4.74 Å². The third kappa shape index (κ3) is 4.10. The fourth-order valence-corrected chi connectivity index (χ4v) is 3.80.